The van der Waals surface area contributed by atoms with Crippen molar-refractivity contribution in [3.63, 3.8) is 0 Å². The van der Waals surface area contributed by atoms with Gasteiger partial charge in [-0.15, -0.1) is 24.0 Å². The summed E-state index contributed by atoms with van der Waals surface area (Å²) in [7, 11) is 4.05. The number of benzene rings is 1. The molecule has 0 aliphatic heterocycles. The highest BCUT2D eigenvalue weighted by molar-refractivity contribution is 14.0. The highest BCUT2D eigenvalue weighted by Crippen LogP contribution is 2.50. The average molecular weight is 452 g/mol. The van der Waals surface area contributed by atoms with E-state index < -0.39 is 0 Å². The third-order valence-corrected chi connectivity index (χ3v) is 4.28. The topological polar surface area (TPSA) is 27.6 Å². The van der Waals surface area contributed by atoms with Crippen molar-refractivity contribution in [1.29, 1.82) is 0 Å². The summed E-state index contributed by atoms with van der Waals surface area (Å²) in [5.74, 6) is 0.973. The molecule has 1 aliphatic carbocycles. The maximum Gasteiger partial charge on any atom is 0.193 e. The van der Waals surface area contributed by atoms with Gasteiger partial charge in [-0.3, -0.25) is 4.99 Å². The number of nitrogens with zero attached hydrogens (tertiary/aromatic N) is 2. The molecule has 112 valence electrons. The van der Waals surface area contributed by atoms with E-state index in [2.05, 4.69) is 52.4 Å². The second-order valence-electron chi connectivity index (χ2n) is 5.32. The quantitative estimate of drug-likeness (QED) is 0.430. The van der Waals surface area contributed by atoms with Crippen molar-refractivity contribution in [3.8, 4) is 0 Å². The van der Waals surface area contributed by atoms with E-state index >= 15 is 0 Å². The molecule has 1 fully saturated rings. The van der Waals surface area contributed by atoms with Crippen molar-refractivity contribution >= 4 is 45.9 Å². The van der Waals surface area contributed by atoms with Gasteiger partial charge in [0, 0.05) is 30.5 Å². The van der Waals surface area contributed by atoms with Gasteiger partial charge in [0.15, 0.2) is 5.96 Å². The number of rotatable bonds is 4. The van der Waals surface area contributed by atoms with Crippen molar-refractivity contribution in [2.75, 3.05) is 27.2 Å². The van der Waals surface area contributed by atoms with Gasteiger partial charge in [-0.05, 0) is 31.4 Å². The summed E-state index contributed by atoms with van der Waals surface area (Å²) in [5.41, 5.74) is 1.64. The Balaban J connectivity index is 0.00000200. The van der Waals surface area contributed by atoms with Crippen LogP contribution in [0.2, 0.25) is 0 Å². The molecule has 0 radical (unpaired) electrons. The molecule has 1 aromatic carbocycles. The second kappa shape index (κ2) is 7.64. The number of hydrogen-bond donors (Lipinski definition) is 1. The molecule has 0 unspecified atom stereocenters. The molecule has 3 nitrogen and oxygen atoms in total. The Morgan fingerprint density at radius 2 is 2.00 bits per heavy atom. The van der Waals surface area contributed by atoms with Gasteiger partial charge in [-0.2, -0.15) is 0 Å². The fraction of sp³-hybridized carbons (Fsp3) is 0.533. The van der Waals surface area contributed by atoms with Crippen LogP contribution < -0.4 is 5.32 Å². The fourth-order valence-corrected chi connectivity index (χ4v) is 3.00. The molecule has 1 aliphatic rings. The van der Waals surface area contributed by atoms with Crippen LogP contribution in [0.15, 0.2) is 33.7 Å². The average Bonchev–Trinajstić information content (AvgIpc) is 3.15. The van der Waals surface area contributed by atoms with E-state index in [-0.39, 0.29) is 29.4 Å². The first kappa shape index (κ1) is 17.8. The lowest BCUT2D eigenvalue weighted by Gasteiger charge is -2.20. The molecule has 0 aromatic heterocycles. The normalized spacial score (nSPS) is 16.3. The highest BCUT2D eigenvalue weighted by atomic mass is 127. The minimum atomic E-state index is 0. The first-order valence-electron chi connectivity index (χ1n) is 6.80. The van der Waals surface area contributed by atoms with E-state index in [4.69, 9.17) is 4.99 Å². The van der Waals surface area contributed by atoms with Crippen LogP contribution in [0.5, 0.6) is 0 Å². The van der Waals surface area contributed by atoms with Gasteiger partial charge in [0.1, 0.15) is 0 Å². The van der Waals surface area contributed by atoms with E-state index in [1.165, 1.54) is 22.9 Å². The summed E-state index contributed by atoms with van der Waals surface area (Å²) in [6.45, 7) is 3.86. The first-order chi connectivity index (χ1) is 9.09. The second-order valence-corrected chi connectivity index (χ2v) is 6.18. The van der Waals surface area contributed by atoms with Gasteiger partial charge >= 0.3 is 0 Å². The van der Waals surface area contributed by atoms with Crippen molar-refractivity contribution in [1.82, 2.24) is 10.2 Å². The van der Waals surface area contributed by atoms with Gasteiger partial charge < -0.3 is 10.2 Å². The summed E-state index contributed by atoms with van der Waals surface area (Å²) in [6.07, 6.45) is 2.46. The molecule has 0 spiro atoms. The predicted molar refractivity (Wildman–Crippen MR) is 100 cm³/mol. The van der Waals surface area contributed by atoms with Gasteiger partial charge in [0.05, 0.1) is 6.54 Å². The third-order valence-electron chi connectivity index (χ3n) is 3.59. The van der Waals surface area contributed by atoms with Gasteiger partial charge in [-0.1, -0.05) is 34.1 Å². The minimum absolute atomic E-state index is 0. The highest BCUT2D eigenvalue weighted by Gasteiger charge is 2.45. The Bertz CT molecular complexity index is 470. The minimum Gasteiger partial charge on any atom is -0.357 e. The molecule has 20 heavy (non-hydrogen) atoms. The van der Waals surface area contributed by atoms with E-state index in [9.17, 15) is 0 Å². The van der Waals surface area contributed by atoms with E-state index in [1.807, 2.05) is 19.0 Å². The Hall–Kier alpha value is -0.300. The molecule has 2 rings (SSSR count). The van der Waals surface area contributed by atoms with Crippen LogP contribution in [0.3, 0.4) is 0 Å². The van der Waals surface area contributed by atoms with Gasteiger partial charge in [0.25, 0.3) is 0 Å². The Labute approximate surface area is 147 Å². The summed E-state index contributed by atoms with van der Waals surface area (Å²) < 4.78 is 1.21. The molecule has 0 bridgehead atoms. The van der Waals surface area contributed by atoms with Crippen molar-refractivity contribution in [2.45, 2.75) is 25.2 Å². The molecule has 0 heterocycles. The molecule has 0 saturated heterocycles. The van der Waals surface area contributed by atoms with Crippen molar-refractivity contribution in [2.24, 2.45) is 4.99 Å². The smallest absolute Gasteiger partial charge is 0.193 e. The van der Waals surface area contributed by atoms with E-state index in [1.54, 1.807) is 0 Å². The maximum absolute atomic E-state index is 4.78. The Morgan fingerprint density at radius 3 is 2.50 bits per heavy atom. The molecule has 1 saturated carbocycles. The van der Waals surface area contributed by atoms with Crippen LogP contribution in [0, 0.1) is 0 Å². The summed E-state index contributed by atoms with van der Waals surface area (Å²) >= 11 is 3.66. The van der Waals surface area contributed by atoms with Crippen LogP contribution in [0.25, 0.3) is 0 Å². The largest absolute Gasteiger partial charge is 0.357 e. The van der Waals surface area contributed by atoms with Crippen LogP contribution in [-0.4, -0.2) is 38.0 Å². The molecule has 0 atom stereocenters. The molecular weight excluding hydrogens is 429 g/mol. The first-order valence-corrected chi connectivity index (χ1v) is 7.59. The lowest BCUT2D eigenvalue weighted by molar-refractivity contribution is 0.575. The number of halogens is 2. The van der Waals surface area contributed by atoms with E-state index in [0.29, 0.717) is 0 Å². The van der Waals surface area contributed by atoms with Crippen LogP contribution in [0.1, 0.15) is 25.3 Å². The Morgan fingerprint density at radius 1 is 1.35 bits per heavy atom. The van der Waals surface area contributed by atoms with Crippen LogP contribution >= 0.6 is 39.9 Å². The van der Waals surface area contributed by atoms with Crippen LogP contribution in [0.4, 0.5) is 0 Å². The maximum atomic E-state index is 4.78. The standard InChI is InChI=1S/C15H22BrN3.HI/c1-4-17-14(19(2)3)18-11-15(9-10-15)12-7-5-6-8-13(12)16;/h5-8H,4,9-11H2,1-3H3,(H,17,18);1H. The lowest BCUT2D eigenvalue weighted by atomic mass is 9.96. The summed E-state index contributed by atoms with van der Waals surface area (Å²) in [6, 6.07) is 8.52. The molecule has 0 amide bonds. The SMILES string of the molecule is CCNC(=NCC1(c2ccccc2Br)CC1)N(C)C.I. The number of aliphatic imine (C=N–C) groups is 1. The number of hydrogen-bond acceptors (Lipinski definition) is 1. The van der Waals surface area contributed by atoms with Crippen molar-refractivity contribution in [3.05, 3.63) is 34.3 Å². The van der Waals surface area contributed by atoms with Crippen molar-refractivity contribution < 1.29 is 0 Å². The van der Waals surface area contributed by atoms with Gasteiger partial charge in [-0.25, -0.2) is 0 Å². The Kier molecular flexibility index (Phi) is 6.78. The van der Waals surface area contributed by atoms with Crippen LogP contribution in [-0.2, 0) is 5.41 Å². The van der Waals surface area contributed by atoms with Gasteiger partial charge in [0.2, 0.25) is 0 Å². The molecule has 1 N–H and O–H groups in total. The lowest BCUT2D eigenvalue weighted by Crippen LogP contribution is -2.37. The molecule has 5 heteroatoms. The zero-order valence-corrected chi connectivity index (χ0v) is 16.2. The fourth-order valence-electron chi connectivity index (χ4n) is 2.29. The summed E-state index contributed by atoms with van der Waals surface area (Å²) in [4.78, 5) is 6.82. The monoisotopic (exact) mass is 451 g/mol. The molecule has 1 aromatic rings. The summed E-state index contributed by atoms with van der Waals surface area (Å²) in [5, 5.41) is 3.31. The third kappa shape index (κ3) is 4.10. The zero-order valence-electron chi connectivity index (χ0n) is 12.3. The predicted octanol–water partition coefficient (Wildman–Crippen LogP) is 3.63. The number of guanidine groups is 1. The molecular formula is C15H23BrIN3. The zero-order chi connectivity index (χ0) is 13.9. The van der Waals surface area contributed by atoms with E-state index in [0.717, 1.165) is 19.0 Å². The number of nitrogens with one attached hydrogen (secondary N) is 1.